The molecule has 1 aliphatic rings. The van der Waals surface area contributed by atoms with Crippen LogP contribution in [0.2, 0.25) is 0 Å². The standard InChI is InChI=1S/C25H46O3S2/c1-7-23(5,21(4)26)15-10-12-17-25(29-19-14-20-30-25)18-13-11-16-24(6,8-2)22(27)28-9-3/h7-20H2,1-6H3. The number of carbonyl (C=O) groups is 2. The Morgan fingerprint density at radius 3 is 1.80 bits per heavy atom. The van der Waals surface area contributed by atoms with Gasteiger partial charge in [-0.05, 0) is 77.2 Å². The van der Waals surface area contributed by atoms with E-state index in [1.54, 1.807) is 6.92 Å². The highest BCUT2D eigenvalue weighted by Crippen LogP contribution is 2.49. The summed E-state index contributed by atoms with van der Waals surface area (Å²) in [5.41, 5.74) is -0.481. The lowest BCUT2D eigenvalue weighted by atomic mass is 9.79. The lowest BCUT2D eigenvalue weighted by Crippen LogP contribution is -2.30. The molecule has 176 valence electrons. The molecule has 0 N–H and O–H groups in total. The molecule has 2 atom stereocenters. The smallest absolute Gasteiger partial charge is 0.311 e. The normalized spacial score (nSPS) is 20.2. The molecule has 0 radical (unpaired) electrons. The molecule has 0 spiro atoms. The Hall–Kier alpha value is -0.160. The maximum absolute atomic E-state index is 12.3. The van der Waals surface area contributed by atoms with Crippen LogP contribution in [0.25, 0.3) is 0 Å². The summed E-state index contributed by atoms with van der Waals surface area (Å²) in [6.07, 6.45) is 12.1. The fourth-order valence-electron chi connectivity index (χ4n) is 4.18. The van der Waals surface area contributed by atoms with Crippen molar-refractivity contribution < 1.29 is 14.3 Å². The summed E-state index contributed by atoms with van der Waals surface area (Å²) in [6, 6.07) is 0. The van der Waals surface area contributed by atoms with Gasteiger partial charge < -0.3 is 4.74 Å². The molecule has 0 aromatic heterocycles. The third-order valence-electron chi connectivity index (χ3n) is 7.27. The van der Waals surface area contributed by atoms with Crippen LogP contribution in [0.3, 0.4) is 0 Å². The SMILES string of the molecule is CCOC(=O)C(C)(CC)CCCCC1(CCCCC(C)(CC)C(C)=O)SCCCS1. The average Bonchev–Trinajstić information content (AvgIpc) is 2.74. The maximum Gasteiger partial charge on any atom is 0.311 e. The Bertz CT molecular complexity index is 530. The van der Waals surface area contributed by atoms with Gasteiger partial charge in [-0.3, -0.25) is 9.59 Å². The number of thioether (sulfide) groups is 2. The van der Waals surface area contributed by atoms with Crippen LogP contribution in [-0.4, -0.2) is 33.9 Å². The van der Waals surface area contributed by atoms with Gasteiger partial charge in [0.2, 0.25) is 0 Å². The van der Waals surface area contributed by atoms with Gasteiger partial charge >= 0.3 is 5.97 Å². The van der Waals surface area contributed by atoms with Crippen LogP contribution >= 0.6 is 23.5 Å². The Balaban J connectivity index is 2.53. The molecule has 0 aromatic carbocycles. The number of rotatable bonds is 15. The molecule has 5 heteroatoms. The van der Waals surface area contributed by atoms with Crippen molar-refractivity contribution in [3.05, 3.63) is 0 Å². The van der Waals surface area contributed by atoms with Gasteiger partial charge in [-0.1, -0.05) is 46.5 Å². The van der Waals surface area contributed by atoms with E-state index in [1.807, 2.05) is 6.92 Å². The fourth-order valence-corrected chi connectivity index (χ4v) is 7.67. The molecule has 0 aromatic rings. The minimum Gasteiger partial charge on any atom is -0.466 e. The molecule has 1 fully saturated rings. The number of esters is 1. The Labute approximate surface area is 194 Å². The van der Waals surface area contributed by atoms with E-state index in [2.05, 4.69) is 51.2 Å². The molecule has 30 heavy (non-hydrogen) atoms. The first-order chi connectivity index (χ1) is 14.2. The zero-order valence-electron chi connectivity index (χ0n) is 20.4. The van der Waals surface area contributed by atoms with Gasteiger partial charge in [0, 0.05) is 5.41 Å². The van der Waals surface area contributed by atoms with Crippen molar-refractivity contribution in [2.45, 2.75) is 116 Å². The summed E-state index contributed by atoms with van der Waals surface area (Å²) >= 11 is 4.33. The fraction of sp³-hybridized carbons (Fsp3) is 0.920. The second-order valence-electron chi connectivity index (χ2n) is 9.48. The summed E-state index contributed by atoms with van der Waals surface area (Å²) < 4.78 is 5.65. The van der Waals surface area contributed by atoms with Gasteiger partial charge in [-0.15, -0.1) is 23.5 Å². The molecule has 3 nitrogen and oxygen atoms in total. The Kier molecular flexibility index (Phi) is 12.5. The molecule has 0 aliphatic carbocycles. The topological polar surface area (TPSA) is 43.4 Å². The molecular weight excluding hydrogens is 412 g/mol. The number of Topliss-reactive ketones (excluding diaryl/α,β-unsaturated/α-hetero) is 1. The summed E-state index contributed by atoms with van der Waals surface area (Å²) in [4.78, 5) is 24.3. The van der Waals surface area contributed by atoms with Crippen molar-refractivity contribution in [2.24, 2.45) is 10.8 Å². The van der Waals surface area contributed by atoms with Crippen LogP contribution in [0.15, 0.2) is 0 Å². The molecule has 1 heterocycles. The van der Waals surface area contributed by atoms with Gasteiger partial charge in [0.05, 0.1) is 16.1 Å². The van der Waals surface area contributed by atoms with E-state index in [0.29, 0.717) is 16.5 Å². The van der Waals surface area contributed by atoms with E-state index in [4.69, 9.17) is 4.74 Å². The van der Waals surface area contributed by atoms with E-state index in [9.17, 15) is 9.59 Å². The van der Waals surface area contributed by atoms with Crippen molar-refractivity contribution in [3.8, 4) is 0 Å². The van der Waals surface area contributed by atoms with E-state index in [0.717, 1.165) is 38.5 Å². The second-order valence-corrected chi connectivity index (χ2v) is 12.7. The van der Waals surface area contributed by atoms with E-state index in [-0.39, 0.29) is 16.8 Å². The number of ether oxygens (including phenoxy) is 1. The molecular formula is C25H46O3S2. The molecule has 0 amide bonds. The van der Waals surface area contributed by atoms with Gasteiger partial charge in [-0.25, -0.2) is 0 Å². The average molecular weight is 459 g/mol. The third-order valence-corrected chi connectivity index (χ3v) is 10.8. The quantitative estimate of drug-likeness (QED) is 0.186. The van der Waals surface area contributed by atoms with Crippen LogP contribution in [0, 0.1) is 10.8 Å². The number of ketones is 1. The third kappa shape index (κ3) is 8.41. The highest BCUT2D eigenvalue weighted by atomic mass is 32.2. The van der Waals surface area contributed by atoms with Crippen LogP contribution < -0.4 is 0 Å². The molecule has 1 saturated heterocycles. The highest BCUT2D eigenvalue weighted by Gasteiger charge is 2.35. The first-order valence-electron chi connectivity index (χ1n) is 12.1. The minimum absolute atomic E-state index is 0.0342. The summed E-state index contributed by atoms with van der Waals surface area (Å²) in [6.45, 7) is 12.5. The van der Waals surface area contributed by atoms with Crippen LogP contribution in [0.4, 0.5) is 0 Å². The molecule has 2 unspecified atom stereocenters. The Morgan fingerprint density at radius 2 is 1.37 bits per heavy atom. The predicted octanol–water partition coefficient (Wildman–Crippen LogP) is 7.66. The zero-order valence-corrected chi connectivity index (χ0v) is 22.1. The number of carbonyl (C=O) groups excluding carboxylic acids is 2. The van der Waals surface area contributed by atoms with Crippen molar-refractivity contribution >= 4 is 35.3 Å². The van der Waals surface area contributed by atoms with Crippen molar-refractivity contribution in [1.29, 1.82) is 0 Å². The molecule has 1 rings (SSSR count). The van der Waals surface area contributed by atoms with Gasteiger partial charge in [-0.2, -0.15) is 0 Å². The highest BCUT2D eigenvalue weighted by molar-refractivity contribution is 8.18. The molecule has 1 aliphatic heterocycles. The van der Waals surface area contributed by atoms with Crippen molar-refractivity contribution in [1.82, 2.24) is 0 Å². The van der Waals surface area contributed by atoms with Crippen LogP contribution in [0.1, 0.15) is 112 Å². The van der Waals surface area contributed by atoms with E-state index >= 15 is 0 Å². The van der Waals surface area contributed by atoms with E-state index in [1.165, 1.54) is 43.6 Å². The van der Waals surface area contributed by atoms with Gasteiger partial charge in [0.25, 0.3) is 0 Å². The number of hydrogen-bond donors (Lipinski definition) is 0. The molecule has 0 bridgehead atoms. The predicted molar refractivity (Wildman–Crippen MR) is 133 cm³/mol. The number of unbranched alkanes of at least 4 members (excludes halogenated alkanes) is 2. The van der Waals surface area contributed by atoms with Crippen LogP contribution in [-0.2, 0) is 14.3 Å². The summed E-state index contributed by atoms with van der Waals surface area (Å²) in [7, 11) is 0. The summed E-state index contributed by atoms with van der Waals surface area (Å²) in [5.74, 6) is 2.83. The Morgan fingerprint density at radius 1 is 0.867 bits per heavy atom. The van der Waals surface area contributed by atoms with Gasteiger partial charge in [0.15, 0.2) is 0 Å². The van der Waals surface area contributed by atoms with Crippen molar-refractivity contribution in [3.63, 3.8) is 0 Å². The van der Waals surface area contributed by atoms with Crippen LogP contribution in [0.5, 0.6) is 0 Å². The molecule has 0 saturated carbocycles. The lowest BCUT2D eigenvalue weighted by Gasteiger charge is -2.37. The largest absolute Gasteiger partial charge is 0.466 e. The van der Waals surface area contributed by atoms with Gasteiger partial charge in [0.1, 0.15) is 5.78 Å². The number of hydrogen-bond acceptors (Lipinski definition) is 5. The first-order valence-corrected chi connectivity index (χ1v) is 14.1. The minimum atomic E-state index is -0.340. The summed E-state index contributed by atoms with van der Waals surface area (Å²) in [5, 5.41) is 0. The zero-order chi connectivity index (χ0) is 22.7. The second kappa shape index (κ2) is 13.4. The monoisotopic (exact) mass is 458 g/mol. The first kappa shape index (κ1) is 27.9. The van der Waals surface area contributed by atoms with Crippen molar-refractivity contribution in [2.75, 3.05) is 18.1 Å². The van der Waals surface area contributed by atoms with E-state index < -0.39 is 0 Å². The maximum atomic E-state index is 12.3. The lowest BCUT2D eigenvalue weighted by molar-refractivity contribution is -0.155.